The summed E-state index contributed by atoms with van der Waals surface area (Å²) in [7, 11) is 0. The van der Waals surface area contributed by atoms with E-state index in [-0.39, 0.29) is 17.6 Å². The van der Waals surface area contributed by atoms with Gasteiger partial charge in [0.25, 0.3) is 0 Å². The van der Waals surface area contributed by atoms with Crippen LogP contribution in [-0.2, 0) is 4.79 Å². The predicted molar refractivity (Wildman–Crippen MR) is 77.3 cm³/mol. The SMILES string of the molecule is O=C(Nc1cccc(O)c1)C1C2CC3CC(C2)CC1C3. The summed E-state index contributed by atoms with van der Waals surface area (Å²) < 4.78 is 0. The van der Waals surface area contributed by atoms with E-state index in [9.17, 15) is 9.90 Å². The van der Waals surface area contributed by atoms with Crippen LogP contribution < -0.4 is 5.32 Å². The summed E-state index contributed by atoms with van der Waals surface area (Å²) in [6, 6.07) is 6.85. The first-order valence-electron chi connectivity index (χ1n) is 7.79. The van der Waals surface area contributed by atoms with Crippen molar-refractivity contribution in [1.82, 2.24) is 0 Å². The summed E-state index contributed by atoms with van der Waals surface area (Å²) in [5.41, 5.74) is 0.712. The minimum Gasteiger partial charge on any atom is -0.508 e. The summed E-state index contributed by atoms with van der Waals surface area (Å²) in [5.74, 6) is 3.55. The van der Waals surface area contributed by atoms with Crippen LogP contribution >= 0.6 is 0 Å². The highest BCUT2D eigenvalue weighted by Crippen LogP contribution is 2.56. The van der Waals surface area contributed by atoms with Gasteiger partial charge in [0.05, 0.1) is 0 Å². The first-order chi connectivity index (χ1) is 9.69. The van der Waals surface area contributed by atoms with Gasteiger partial charge in [-0.2, -0.15) is 0 Å². The molecule has 2 N–H and O–H groups in total. The van der Waals surface area contributed by atoms with Crippen LogP contribution in [0.4, 0.5) is 5.69 Å². The van der Waals surface area contributed by atoms with Gasteiger partial charge in [0, 0.05) is 17.7 Å². The van der Waals surface area contributed by atoms with Gasteiger partial charge in [-0.1, -0.05) is 6.07 Å². The minimum absolute atomic E-state index is 0.171. The Kier molecular flexibility index (Phi) is 2.76. The summed E-state index contributed by atoms with van der Waals surface area (Å²) in [5, 5.41) is 12.5. The number of rotatable bonds is 2. The second-order valence-corrected chi connectivity index (χ2v) is 7.00. The molecule has 0 aromatic heterocycles. The molecule has 106 valence electrons. The maximum absolute atomic E-state index is 12.6. The quantitative estimate of drug-likeness (QED) is 0.866. The number of hydrogen-bond acceptors (Lipinski definition) is 2. The molecule has 4 saturated carbocycles. The van der Waals surface area contributed by atoms with Gasteiger partial charge in [0.2, 0.25) is 5.91 Å². The molecule has 0 saturated heterocycles. The molecule has 3 heteroatoms. The third-order valence-electron chi connectivity index (χ3n) is 5.64. The molecular formula is C17H21NO2. The van der Waals surface area contributed by atoms with Crippen LogP contribution in [0.15, 0.2) is 24.3 Å². The number of phenolic OH excluding ortho intramolecular Hbond substituents is 1. The van der Waals surface area contributed by atoms with E-state index in [1.54, 1.807) is 18.2 Å². The summed E-state index contributed by atoms with van der Waals surface area (Å²) in [6.45, 7) is 0. The topological polar surface area (TPSA) is 49.3 Å². The van der Waals surface area contributed by atoms with Crippen LogP contribution in [0, 0.1) is 29.6 Å². The molecule has 1 amide bonds. The van der Waals surface area contributed by atoms with Crippen LogP contribution in [0.25, 0.3) is 0 Å². The van der Waals surface area contributed by atoms with Gasteiger partial charge >= 0.3 is 0 Å². The van der Waals surface area contributed by atoms with Crippen LogP contribution in [0.3, 0.4) is 0 Å². The molecule has 0 unspecified atom stereocenters. The zero-order valence-corrected chi connectivity index (χ0v) is 11.6. The number of carbonyl (C=O) groups excluding carboxylic acids is 1. The van der Waals surface area contributed by atoms with Crippen molar-refractivity contribution in [2.75, 3.05) is 5.32 Å². The van der Waals surface area contributed by atoms with Gasteiger partial charge in [-0.05, 0) is 67.9 Å². The van der Waals surface area contributed by atoms with E-state index >= 15 is 0 Å². The Morgan fingerprint density at radius 3 is 2.30 bits per heavy atom. The van der Waals surface area contributed by atoms with Crippen LogP contribution in [0.5, 0.6) is 5.75 Å². The molecule has 1 aromatic rings. The van der Waals surface area contributed by atoms with E-state index in [1.807, 2.05) is 6.07 Å². The summed E-state index contributed by atoms with van der Waals surface area (Å²) in [4.78, 5) is 12.6. The fourth-order valence-corrected chi connectivity index (χ4v) is 5.16. The zero-order valence-electron chi connectivity index (χ0n) is 11.6. The summed E-state index contributed by atoms with van der Waals surface area (Å²) in [6.07, 6.45) is 6.43. The molecule has 5 rings (SSSR count). The Hall–Kier alpha value is -1.51. The van der Waals surface area contributed by atoms with Gasteiger partial charge in [-0.25, -0.2) is 0 Å². The molecule has 1 aromatic carbocycles. The molecule has 4 bridgehead atoms. The molecule has 0 spiro atoms. The van der Waals surface area contributed by atoms with Gasteiger partial charge in [0.1, 0.15) is 5.75 Å². The van der Waals surface area contributed by atoms with Crippen molar-refractivity contribution in [1.29, 1.82) is 0 Å². The highest BCUT2D eigenvalue weighted by molar-refractivity contribution is 5.93. The van der Waals surface area contributed by atoms with Gasteiger partial charge in [-0.15, -0.1) is 0 Å². The molecule has 4 fully saturated rings. The van der Waals surface area contributed by atoms with Crippen LogP contribution in [0.2, 0.25) is 0 Å². The molecule has 4 aliphatic carbocycles. The van der Waals surface area contributed by atoms with Crippen molar-refractivity contribution < 1.29 is 9.90 Å². The maximum atomic E-state index is 12.6. The number of carbonyl (C=O) groups is 1. The Bertz CT molecular complexity index is 512. The van der Waals surface area contributed by atoms with Crippen molar-refractivity contribution in [2.24, 2.45) is 29.6 Å². The third-order valence-corrected chi connectivity index (χ3v) is 5.64. The van der Waals surface area contributed by atoms with E-state index in [1.165, 1.54) is 32.1 Å². The standard InChI is InChI=1S/C17H21NO2/c19-15-3-1-2-14(9-15)18-17(20)16-12-5-10-4-11(7-12)8-13(16)6-10/h1-3,9-13,16,19H,4-8H2,(H,18,20). The Balaban J connectivity index is 1.51. The van der Waals surface area contributed by atoms with Gasteiger partial charge < -0.3 is 10.4 Å². The number of benzene rings is 1. The van der Waals surface area contributed by atoms with Crippen molar-refractivity contribution >= 4 is 11.6 Å². The molecule has 3 nitrogen and oxygen atoms in total. The van der Waals surface area contributed by atoms with Gasteiger partial charge in [0.15, 0.2) is 0 Å². The van der Waals surface area contributed by atoms with Crippen molar-refractivity contribution in [3.05, 3.63) is 24.3 Å². The van der Waals surface area contributed by atoms with Crippen LogP contribution in [-0.4, -0.2) is 11.0 Å². The highest BCUT2D eigenvalue weighted by Gasteiger charge is 2.50. The fraction of sp³-hybridized carbons (Fsp3) is 0.588. The van der Waals surface area contributed by atoms with E-state index in [4.69, 9.17) is 0 Å². The number of phenols is 1. The lowest BCUT2D eigenvalue weighted by Gasteiger charge is -2.53. The Labute approximate surface area is 119 Å². The van der Waals surface area contributed by atoms with Crippen molar-refractivity contribution in [3.8, 4) is 5.75 Å². The molecule has 4 aliphatic rings. The van der Waals surface area contributed by atoms with Crippen molar-refractivity contribution in [2.45, 2.75) is 32.1 Å². The van der Waals surface area contributed by atoms with Crippen molar-refractivity contribution in [3.63, 3.8) is 0 Å². The predicted octanol–water partition coefficient (Wildman–Crippen LogP) is 3.40. The number of anilines is 1. The average Bonchev–Trinajstić information content (AvgIpc) is 2.37. The first kappa shape index (κ1) is 12.2. The van der Waals surface area contributed by atoms with Crippen LogP contribution in [0.1, 0.15) is 32.1 Å². The van der Waals surface area contributed by atoms with E-state index in [0.717, 1.165) is 11.8 Å². The molecule has 0 radical (unpaired) electrons. The largest absolute Gasteiger partial charge is 0.508 e. The first-order valence-corrected chi connectivity index (χ1v) is 7.79. The lowest BCUT2D eigenvalue weighted by Crippen LogP contribution is -2.49. The zero-order chi connectivity index (χ0) is 13.7. The monoisotopic (exact) mass is 271 g/mol. The van der Waals surface area contributed by atoms with E-state index in [2.05, 4.69) is 5.32 Å². The molecule has 20 heavy (non-hydrogen) atoms. The fourth-order valence-electron chi connectivity index (χ4n) is 5.16. The molecule has 0 atom stereocenters. The number of nitrogens with one attached hydrogen (secondary N) is 1. The normalized spacial score (nSPS) is 37.9. The molecule has 0 heterocycles. The lowest BCUT2D eigenvalue weighted by molar-refractivity contribution is -0.132. The summed E-state index contributed by atoms with van der Waals surface area (Å²) >= 11 is 0. The molecule has 0 aliphatic heterocycles. The number of hydrogen-bond donors (Lipinski definition) is 2. The smallest absolute Gasteiger partial charge is 0.228 e. The second kappa shape index (κ2) is 4.51. The minimum atomic E-state index is 0.171. The Morgan fingerprint density at radius 1 is 1.05 bits per heavy atom. The van der Waals surface area contributed by atoms with E-state index in [0.29, 0.717) is 17.5 Å². The maximum Gasteiger partial charge on any atom is 0.228 e. The number of aromatic hydroxyl groups is 1. The number of amides is 1. The lowest BCUT2D eigenvalue weighted by atomic mass is 9.51. The van der Waals surface area contributed by atoms with Gasteiger partial charge in [-0.3, -0.25) is 4.79 Å². The second-order valence-electron chi connectivity index (χ2n) is 7.00. The average molecular weight is 271 g/mol. The molecular weight excluding hydrogens is 250 g/mol. The van der Waals surface area contributed by atoms with E-state index < -0.39 is 0 Å². The Morgan fingerprint density at radius 2 is 1.70 bits per heavy atom. The third kappa shape index (κ3) is 2.00. The highest BCUT2D eigenvalue weighted by atomic mass is 16.3.